The Labute approximate surface area is 179 Å². The van der Waals surface area contributed by atoms with Gasteiger partial charge in [0.05, 0.1) is 12.7 Å². The van der Waals surface area contributed by atoms with E-state index in [1.54, 1.807) is 10.9 Å². The molecule has 1 saturated carbocycles. The Kier molecular flexibility index (Phi) is 7.99. The molecule has 7 nitrogen and oxygen atoms in total. The Balaban J connectivity index is 1.65. The zero-order valence-electron chi connectivity index (χ0n) is 18.4. The smallest absolute Gasteiger partial charge is 0.273 e. The molecular weight excluding hydrogens is 380 g/mol. The summed E-state index contributed by atoms with van der Waals surface area (Å²) in [7, 11) is 0. The quantitative estimate of drug-likeness (QED) is 0.601. The second-order valence-electron chi connectivity index (χ2n) is 8.06. The van der Waals surface area contributed by atoms with Crippen LogP contribution in [0.15, 0.2) is 30.5 Å². The predicted molar refractivity (Wildman–Crippen MR) is 115 cm³/mol. The van der Waals surface area contributed by atoms with Crippen LogP contribution in [-0.4, -0.2) is 46.9 Å². The standard InChI is InChI=1S/C23H34N4O3/c1-4-29-21(30-5-2)16-27-15-20(25-26-27)22(28)24-17-23(12-7-6-8-13-23)19-11-9-10-18(3)14-19/h9-11,14-15,21H,4-8,12-13,16-17H2,1-3H3,(H,24,28). The Morgan fingerprint density at radius 2 is 1.93 bits per heavy atom. The first-order chi connectivity index (χ1) is 14.6. The Morgan fingerprint density at radius 3 is 2.60 bits per heavy atom. The average Bonchev–Trinajstić information content (AvgIpc) is 3.22. The van der Waals surface area contributed by atoms with Crippen molar-refractivity contribution < 1.29 is 14.3 Å². The number of hydrogen-bond donors (Lipinski definition) is 1. The van der Waals surface area contributed by atoms with Gasteiger partial charge in [-0.05, 0) is 39.2 Å². The van der Waals surface area contributed by atoms with Crippen molar-refractivity contribution in [2.75, 3.05) is 19.8 Å². The van der Waals surface area contributed by atoms with Crippen LogP contribution in [0.3, 0.4) is 0 Å². The molecule has 0 radical (unpaired) electrons. The number of aromatic nitrogens is 3. The van der Waals surface area contributed by atoms with Gasteiger partial charge in [-0.1, -0.05) is 54.3 Å². The minimum absolute atomic E-state index is 0.00898. The molecule has 30 heavy (non-hydrogen) atoms. The van der Waals surface area contributed by atoms with E-state index in [0.29, 0.717) is 32.0 Å². The first kappa shape index (κ1) is 22.4. The number of ether oxygens (including phenoxy) is 2. The van der Waals surface area contributed by atoms with E-state index in [9.17, 15) is 4.79 Å². The van der Waals surface area contributed by atoms with E-state index in [0.717, 1.165) is 12.8 Å². The number of nitrogens with one attached hydrogen (secondary N) is 1. The molecule has 0 atom stereocenters. The summed E-state index contributed by atoms with van der Waals surface area (Å²) in [6.45, 7) is 8.07. The molecule has 0 bridgehead atoms. The maximum absolute atomic E-state index is 12.8. The van der Waals surface area contributed by atoms with E-state index in [4.69, 9.17) is 9.47 Å². The van der Waals surface area contributed by atoms with Crippen molar-refractivity contribution in [2.45, 2.75) is 71.1 Å². The molecule has 1 aliphatic rings. The summed E-state index contributed by atoms with van der Waals surface area (Å²) in [5, 5.41) is 11.2. The van der Waals surface area contributed by atoms with Crippen molar-refractivity contribution in [1.29, 1.82) is 0 Å². The third-order valence-electron chi connectivity index (χ3n) is 5.84. The minimum Gasteiger partial charge on any atom is -0.351 e. The summed E-state index contributed by atoms with van der Waals surface area (Å²) in [5.41, 5.74) is 2.88. The molecule has 1 N–H and O–H groups in total. The molecule has 3 rings (SSSR count). The SMILES string of the molecule is CCOC(Cn1cc(C(=O)NCC2(c3cccc(C)c3)CCCCC2)nn1)OCC. The molecule has 1 heterocycles. The van der Waals surface area contributed by atoms with Gasteiger partial charge in [0.15, 0.2) is 12.0 Å². The molecular formula is C23H34N4O3. The Bertz CT molecular complexity index is 808. The third-order valence-corrected chi connectivity index (χ3v) is 5.84. The summed E-state index contributed by atoms with van der Waals surface area (Å²) in [5.74, 6) is -0.191. The van der Waals surface area contributed by atoms with E-state index < -0.39 is 6.29 Å². The summed E-state index contributed by atoms with van der Waals surface area (Å²) >= 11 is 0. The van der Waals surface area contributed by atoms with Crippen molar-refractivity contribution in [3.8, 4) is 0 Å². The highest BCUT2D eigenvalue weighted by Gasteiger charge is 2.34. The maximum Gasteiger partial charge on any atom is 0.273 e. The van der Waals surface area contributed by atoms with Gasteiger partial charge in [0.1, 0.15) is 0 Å². The molecule has 0 unspecified atom stereocenters. The highest BCUT2D eigenvalue weighted by Crippen LogP contribution is 2.39. The topological polar surface area (TPSA) is 78.3 Å². The van der Waals surface area contributed by atoms with Crippen LogP contribution in [0.25, 0.3) is 0 Å². The van der Waals surface area contributed by atoms with Gasteiger partial charge in [-0.3, -0.25) is 4.79 Å². The number of benzene rings is 1. The second kappa shape index (κ2) is 10.7. The maximum atomic E-state index is 12.8. The monoisotopic (exact) mass is 414 g/mol. The summed E-state index contributed by atoms with van der Waals surface area (Å²) in [6, 6.07) is 8.69. The van der Waals surface area contributed by atoms with Crippen LogP contribution < -0.4 is 5.32 Å². The number of amides is 1. The highest BCUT2D eigenvalue weighted by atomic mass is 16.7. The van der Waals surface area contributed by atoms with Gasteiger partial charge in [-0.25, -0.2) is 4.68 Å². The number of rotatable bonds is 10. The van der Waals surface area contributed by atoms with Crippen LogP contribution in [0.1, 0.15) is 67.6 Å². The lowest BCUT2D eigenvalue weighted by molar-refractivity contribution is -0.145. The van der Waals surface area contributed by atoms with Gasteiger partial charge in [-0.2, -0.15) is 0 Å². The lowest BCUT2D eigenvalue weighted by Gasteiger charge is -2.38. The molecule has 0 saturated heterocycles. The van der Waals surface area contributed by atoms with Crippen LogP contribution in [0.4, 0.5) is 0 Å². The molecule has 1 amide bonds. The van der Waals surface area contributed by atoms with Crippen LogP contribution in [0, 0.1) is 6.92 Å². The average molecular weight is 415 g/mol. The number of aryl methyl sites for hydroxylation is 1. The van der Waals surface area contributed by atoms with E-state index in [2.05, 4.69) is 46.8 Å². The number of carbonyl (C=O) groups is 1. The molecule has 1 aliphatic carbocycles. The molecule has 164 valence electrons. The van der Waals surface area contributed by atoms with Crippen LogP contribution in [0.2, 0.25) is 0 Å². The minimum atomic E-state index is -0.399. The fourth-order valence-electron chi connectivity index (χ4n) is 4.28. The first-order valence-corrected chi connectivity index (χ1v) is 11.0. The van der Waals surface area contributed by atoms with E-state index in [1.165, 1.54) is 30.4 Å². The molecule has 1 aromatic heterocycles. The van der Waals surface area contributed by atoms with Crippen molar-refractivity contribution >= 4 is 5.91 Å². The predicted octanol–water partition coefficient (Wildman–Crippen LogP) is 3.62. The summed E-state index contributed by atoms with van der Waals surface area (Å²) in [4.78, 5) is 12.8. The van der Waals surface area contributed by atoms with Crippen LogP contribution >= 0.6 is 0 Å². The largest absolute Gasteiger partial charge is 0.351 e. The van der Waals surface area contributed by atoms with Crippen LogP contribution in [-0.2, 0) is 21.4 Å². The van der Waals surface area contributed by atoms with Gasteiger partial charge in [-0.15, -0.1) is 5.10 Å². The van der Waals surface area contributed by atoms with Crippen molar-refractivity contribution in [3.63, 3.8) is 0 Å². The molecule has 0 spiro atoms. The fraction of sp³-hybridized carbons (Fsp3) is 0.609. The molecule has 1 fully saturated rings. The lowest BCUT2D eigenvalue weighted by Crippen LogP contribution is -2.42. The van der Waals surface area contributed by atoms with Gasteiger partial charge >= 0.3 is 0 Å². The Hall–Kier alpha value is -2.25. The van der Waals surface area contributed by atoms with E-state index in [-0.39, 0.29) is 11.3 Å². The molecule has 1 aromatic carbocycles. The highest BCUT2D eigenvalue weighted by molar-refractivity contribution is 5.91. The van der Waals surface area contributed by atoms with Gasteiger partial charge in [0.25, 0.3) is 5.91 Å². The van der Waals surface area contributed by atoms with Crippen molar-refractivity contribution in [1.82, 2.24) is 20.3 Å². The third kappa shape index (κ3) is 5.67. The number of hydrogen-bond acceptors (Lipinski definition) is 5. The zero-order chi connectivity index (χ0) is 21.4. The summed E-state index contributed by atoms with van der Waals surface area (Å²) in [6.07, 6.45) is 7.08. The number of carbonyl (C=O) groups excluding carboxylic acids is 1. The lowest BCUT2D eigenvalue weighted by atomic mass is 9.69. The van der Waals surface area contributed by atoms with Crippen LogP contribution in [0.5, 0.6) is 0 Å². The fourth-order valence-corrected chi connectivity index (χ4v) is 4.28. The molecule has 0 aliphatic heterocycles. The van der Waals surface area contributed by atoms with E-state index in [1.807, 2.05) is 13.8 Å². The van der Waals surface area contributed by atoms with E-state index >= 15 is 0 Å². The molecule has 2 aromatic rings. The second-order valence-corrected chi connectivity index (χ2v) is 8.06. The van der Waals surface area contributed by atoms with Crippen molar-refractivity contribution in [2.24, 2.45) is 0 Å². The zero-order valence-corrected chi connectivity index (χ0v) is 18.4. The van der Waals surface area contributed by atoms with Gasteiger partial charge in [0.2, 0.25) is 0 Å². The molecule has 7 heteroatoms. The van der Waals surface area contributed by atoms with Gasteiger partial charge in [0, 0.05) is 25.2 Å². The summed E-state index contributed by atoms with van der Waals surface area (Å²) < 4.78 is 12.7. The normalized spacial score (nSPS) is 16.0. The van der Waals surface area contributed by atoms with Crippen molar-refractivity contribution in [3.05, 3.63) is 47.3 Å². The number of nitrogens with zero attached hydrogens (tertiary/aromatic N) is 3. The first-order valence-electron chi connectivity index (χ1n) is 11.0. The Morgan fingerprint density at radius 1 is 1.20 bits per heavy atom. The van der Waals surface area contributed by atoms with Gasteiger partial charge < -0.3 is 14.8 Å².